The van der Waals surface area contributed by atoms with Crippen LogP contribution in [0.2, 0.25) is 38.8 Å². The maximum atomic E-state index is 12.5. The van der Waals surface area contributed by atoms with Gasteiger partial charge in [0, 0.05) is 6.42 Å². The molecule has 0 saturated heterocycles. The summed E-state index contributed by atoms with van der Waals surface area (Å²) in [6, 6.07) is -0.195. The third kappa shape index (κ3) is 9.26. The van der Waals surface area contributed by atoms with Gasteiger partial charge in [-0.25, -0.2) is 0 Å². The summed E-state index contributed by atoms with van der Waals surface area (Å²) >= 11 is 0. The molecule has 0 radical (unpaired) electrons. The van der Waals surface area contributed by atoms with Crippen molar-refractivity contribution in [2.24, 2.45) is 0 Å². The second-order valence-corrected chi connectivity index (χ2v) is 17.0. The first-order valence-corrected chi connectivity index (χ1v) is 14.8. The number of halogens is 3. The van der Waals surface area contributed by atoms with E-state index in [1.807, 2.05) is 0 Å². The summed E-state index contributed by atoms with van der Waals surface area (Å²) < 4.78 is 48.5. The van der Waals surface area contributed by atoms with E-state index in [1.165, 1.54) is 13.1 Å². The fraction of sp³-hybridized carbons (Fsp3) is 1.00. The second-order valence-electron chi connectivity index (χ2n) is 6.18. The lowest BCUT2D eigenvalue weighted by atomic mass is 10.5. The molecule has 122 valence electrons. The summed E-state index contributed by atoms with van der Waals surface area (Å²) in [7, 11) is -8.82. The monoisotopic (exact) mass is 350 g/mol. The number of rotatable bonds is 7. The van der Waals surface area contributed by atoms with E-state index in [9.17, 15) is 22.8 Å². The molecule has 4 nitrogen and oxygen atoms in total. The van der Waals surface area contributed by atoms with Gasteiger partial charge in [-0.05, 0) is 45.7 Å². The highest BCUT2D eigenvalue weighted by Crippen LogP contribution is 2.31. The van der Waals surface area contributed by atoms with Gasteiger partial charge in [0.15, 0.2) is 0 Å². The summed E-state index contributed by atoms with van der Waals surface area (Å²) in [5.41, 5.74) is -0.615. The average molecular weight is 351 g/mol. The Morgan fingerprint density at radius 1 is 1.00 bits per heavy atom. The van der Waals surface area contributed by atoms with Crippen molar-refractivity contribution in [3.05, 3.63) is 0 Å². The maximum Gasteiger partial charge on any atom is 0.388 e. The molecule has 0 amide bonds. The molecule has 0 aliphatic rings. The minimum absolute atomic E-state index is 0.195. The van der Waals surface area contributed by atoms with Crippen LogP contribution in [0.5, 0.6) is 0 Å². The normalized spacial score (nSPS) is 18.8. The largest absolute Gasteiger partial charge is 0.434 e. The van der Waals surface area contributed by atoms with E-state index in [-0.39, 0.29) is 6.04 Å². The fourth-order valence-corrected chi connectivity index (χ4v) is 11.4. The van der Waals surface area contributed by atoms with Crippen LogP contribution >= 0.6 is 0 Å². The van der Waals surface area contributed by atoms with Gasteiger partial charge in [-0.2, -0.15) is 13.2 Å². The number of hydrogen-bond donors (Lipinski definition) is 2. The molecular weight excluding hydrogens is 325 g/mol. The fourth-order valence-electron chi connectivity index (χ4n) is 1.86. The van der Waals surface area contributed by atoms with E-state index in [4.69, 9.17) is 8.54 Å². The third-order valence-electron chi connectivity index (χ3n) is 2.71. The first-order valence-electron chi connectivity index (χ1n) is 6.44. The minimum atomic E-state index is -4.27. The van der Waals surface area contributed by atoms with Crippen LogP contribution in [0.3, 0.4) is 0 Å². The quantitative estimate of drug-likeness (QED) is 0.693. The van der Waals surface area contributed by atoms with Crippen molar-refractivity contribution in [2.45, 2.75) is 64.0 Å². The molecule has 0 aromatic rings. The summed E-state index contributed by atoms with van der Waals surface area (Å²) in [6.45, 7) is 9.36. The molecule has 0 aliphatic heterocycles. The van der Waals surface area contributed by atoms with Gasteiger partial charge < -0.3 is 18.1 Å². The zero-order valence-corrected chi connectivity index (χ0v) is 15.8. The smallest absolute Gasteiger partial charge is 0.388 e. The van der Waals surface area contributed by atoms with Crippen LogP contribution in [0.25, 0.3) is 0 Å². The van der Waals surface area contributed by atoms with Crippen molar-refractivity contribution < 1.29 is 31.3 Å². The van der Waals surface area contributed by atoms with E-state index >= 15 is 0 Å². The van der Waals surface area contributed by atoms with E-state index in [2.05, 4.69) is 0 Å². The van der Waals surface area contributed by atoms with Gasteiger partial charge in [0.05, 0.1) is 5.73 Å². The van der Waals surface area contributed by atoms with Crippen LogP contribution in [0.4, 0.5) is 13.2 Å². The maximum absolute atomic E-state index is 12.5. The van der Waals surface area contributed by atoms with Crippen molar-refractivity contribution in [2.75, 3.05) is 0 Å². The molecular formula is C10H25F3O4Si3. The average Bonchev–Trinajstić information content (AvgIpc) is 2.08. The van der Waals surface area contributed by atoms with Gasteiger partial charge in [0.1, 0.15) is 0 Å². The predicted octanol–water partition coefficient (Wildman–Crippen LogP) is 2.86. The van der Waals surface area contributed by atoms with Crippen molar-refractivity contribution >= 4 is 25.4 Å². The van der Waals surface area contributed by atoms with E-state index < -0.39 is 43.8 Å². The third-order valence-corrected chi connectivity index (χ3v) is 10.8. The topological polar surface area (TPSA) is 58.9 Å². The highest BCUT2D eigenvalue weighted by atomic mass is 28.4. The van der Waals surface area contributed by atoms with E-state index in [1.54, 1.807) is 26.6 Å². The molecule has 0 aromatic carbocycles. The van der Waals surface area contributed by atoms with Crippen LogP contribution in [-0.4, -0.2) is 46.9 Å². The Bertz CT molecular complexity index is 314. The molecule has 0 rings (SSSR count). The molecule has 2 atom stereocenters. The molecule has 0 spiro atoms. The lowest BCUT2D eigenvalue weighted by Crippen LogP contribution is -2.57. The first kappa shape index (κ1) is 20.3. The highest BCUT2D eigenvalue weighted by Gasteiger charge is 2.46. The molecule has 10 heteroatoms. The first-order chi connectivity index (χ1) is 8.54. The van der Waals surface area contributed by atoms with Gasteiger partial charge in [0.2, 0.25) is 8.32 Å². The molecule has 2 N–H and O–H groups in total. The number of hydrogen-bond acceptors (Lipinski definition) is 4. The van der Waals surface area contributed by atoms with Crippen LogP contribution in [0.1, 0.15) is 13.3 Å². The zero-order valence-electron chi connectivity index (χ0n) is 12.8. The Morgan fingerprint density at radius 2 is 1.45 bits per heavy atom. The van der Waals surface area contributed by atoms with Crippen molar-refractivity contribution in [3.63, 3.8) is 0 Å². The lowest BCUT2D eigenvalue weighted by Gasteiger charge is -2.39. The molecule has 0 heterocycles. The summed E-state index contributed by atoms with van der Waals surface area (Å²) in [4.78, 5) is 19.7. The van der Waals surface area contributed by atoms with Crippen LogP contribution in [0, 0.1) is 0 Å². The van der Waals surface area contributed by atoms with Crippen LogP contribution in [0.15, 0.2) is 0 Å². The summed E-state index contributed by atoms with van der Waals surface area (Å²) in [6.07, 6.45) is -5.24. The van der Waals surface area contributed by atoms with Crippen molar-refractivity contribution in [1.82, 2.24) is 0 Å². The van der Waals surface area contributed by atoms with Gasteiger partial charge in [0.25, 0.3) is 0 Å². The van der Waals surface area contributed by atoms with Gasteiger partial charge in [-0.3, -0.25) is 0 Å². The lowest BCUT2D eigenvalue weighted by molar-refractivity contribution is -0.131. The Morgan fingerprint density at radius 3 is 1.75 bits per heavy atom. The SMILES string of the molecule is CC(O[Si](C)(C)O)[Si](C)(CCC(F)(F)F)O[Si](C)(C)O. The molecule has 0 fully saturated rings. The standard InChI is InChI=1S/C10H25F3O4Si3/c1-9(16-18(2,3)14)20(6,17-19(4,5)15)8-7-10(11,12)13/h9,14-15H,7-8H2,1-6H3. The number of alkyl halides is 3. The molecule has 0 aromatic heterocycles. The zero-order chi connectivity index (χ0) is 16.4. The molecule has 20 heavy (non-hydrogen) atoms. The van der Waals surface area contributed by atoms with E-state index in [0.717, 1.165) is 0 Å². The van der Waals surface area contributed by atoms with Gasteiger partial charge in [-0.1, -0.05) is 0 Å². The van der Waals surface area contributed by atoms with Crippen LogP contribution in [-0.2, 0) is 8.54 Å². The van der Waals surface area contributed by atoms with Gasteiger partial charge >= 0.3 is 23.3 Å². The molecule has 0 saturated carbocycles. The Kier molecular flexibility index (Phi) is 6.68. The van der Waals surface area contributed by atoms with E-state index in [0.29, 0.717) is 0 Å². The highest BCUT2D eigenvalue weighted by molar-refractivity contribution is 6.83. The minimum Gasteiger partial charge on any atom is -0.434 e. The molecule has 2 unspecified atom stereocenters. The summed E-state index contributed by atoms with van der Waals surface area (Å²) in [5.74, 6) is 0. The molecule has 0 aliphatic carbocycles. The Balaban J connectivity index is 5.04. The second kappa shape index (κ2) is 6.58. The predicted molar refractivity (Wildman–Crippen MR) is 78.1 cm³/mol. The summed E-state index contributed by atoms with van der Waals surface area (Å²) in [5, 5.41) is 0. The Hall–Kier alpha value is 0.281. The van der Waals surface area contributed by atoms with Crippen molar-refractivity contribution in [3.8, 4) is 0 Å². The molecule has 0 bridgehead atoms. The van der Waals surface area contributed by atoms with Gasteiger partial charge in [-0.15, -0.1) is 0 Å². The Labute approximate surface area is 121 Å². The van der Waals surface area contributed by atoms with Crippen LogP contribution < -0.4 is 0 Å². The van der Waals surface area contributed by atoms with Crippen molar-refractivity contribution in [1.29, 1.82) is 0 Å².